The minimum atomic E-state index is -0.280. The molecule has 92 valence electrons. The van der Waals surface area contributed by atoms with Crippen molar-refractivity contribution in [2.24, 2.45) is 5.73 Å². The molecule has 0 saturated carbocycles. The van der Waals surface area contributed by atoms with Gasteiger partial charge in [-0.1, -0.05) is 0 Å². The van der Waals surface area contributed by atoms with Crippen molar-refractivity contribution < 1.29 is 9.18 Å². The van der Waals surface area contributed by atoms with Gasteiger partial charge >= 0.3 is 0 Å². The van der Waals surface area contributed by atoms with E-state index < -0.39 is 0 Å². The van der Waals surface area contributed by atoms with Crippen LogP contribution in [0.5, 0.6) is 0 Å². The van der Waals surface area contributed by atoms with E-state index in [0.29, 0.717) is 19.5 Å². The summed E-state index contributed by atoms with van der Waals surface area (Å²) in [5, 5.41) is 3.52. The third-order valence-corrected chi connectivity index (χ3v) is 2.87. The fourth-order valence-electron chi connectivity index (χ4n) is 2.15. The van der Waals surface area contributed by atoms with Crippen LogP contribution in [0.2, 0.25) is 0 Å². The van der Waals surface area contributed by atoms with Crippen LogP contribution in [0.15, 0.2) is 24.3 Å². The molecule has 2 N–H and O–H groups in total. The van der Waals surface area contributed by atoms with Gasteiger partial charge in [0.2, 0.25) is 5.91 Å². The Morgan fingerprint density at radius 1 is 1.41 bits per heavy atom. The van der Waals surface area contributed by atoms with Crippen LogP contribution < -0.4 is 10.7 Å². The molecule has 1 aromatic rings. The molecule has 0 aliphatic carbocycles. The Bertz CT molecular complexity index is 407. The maximum absolute atomic E-state index is 12.9. The first-order chi connectivity index (χ1) is 8.13. The average Bonchev–Trinajstić information content (AvgIpc) is 2.56. The summed E-state index contributed by atoms with van der Waals surface area (Å²) in [6.07, 6.45) is 0.470. The van der Waals surface area contributed by atoms with Crippen molar-refractivity contribution in [3.05, 3.63) is 30.1 Å². The molecule has 1 aliphatic heterocycles. The third-order valence-electron chi connectivity index (χ3n) is 2.87. The Labute approximate surface area is 99.8 Å². The number of rotatable bonds is 3. The highest BCUT2D eigenvalue weighted by molar-refractivity contribution is 5.82. The molecule has 1 amide bonds. The van der Waals surface area contributed by atoms with Crippen LogP contribution in [0, 0.1) is 5.82 Å². The van der Waals surface area contributed by atoms with E-state index >= 15 is 0 Å². The van der Waals surface area contributed by atoms with Crippen molar-refractivity contribution in [3.63, 3.8) is 0 Å². The molecular weight excluding hydrogens is 221 g/mol. The Kier molecular flexibility index (Phi) is 3.28. The summed E-state index contributed by atoms with van der Waals surface area (Å²) in [6, 6.07) is 6.22. The first kappa shape index (κ1) is 11.9. The van der Waals surface area contributed by atoms with E-state index in [1.54, 1.807) is 17.1 Å². The zero-order valence-electron chi connectivity index (χ0n) is 9.77. The van der Waals surface area contributed by atoms with Crippen molar-refractivity contribution in [2.45, 2.75) is 19.4 Å². The number of benzene rings is 1. The predicted molar refractivity (Wildman–Crippen MR) is 63.7 cm³/mol. The highest BCUT2D eigenvalue weighted by Gasteiger charge is 2.34. The monoisotopic (exact) mass is 237 g/mol. The van der Waals surface area contributed by atoms with E-state index in [2.05, 4.69) is 0 Å². The highest BCUT2D eigenvalue weighted by atomic mass is 19.1. The lowest BCUT2D eigenvalue weighted by Gasteiger charge is -2.32. The van der Waals surface area contributed by atoms with Crippen LogP contribution in [-0.4, -0.2) is 30.0 Å². The lowest BCUT2D eigenvalue weighted by atomic mass is 10.2. The Balaban J connectivity index is 2.28. The molecule has 0 radical (unpaired) electrons. The van der Waals surface area contributed by atoms with E-state index in [-0.39, 0.29) is 17.8 Å². The topological polar surface area (TPSA) is 49.6 Å². The number of anilines is 1. The number of carbonyl (C=O) groups is 1. The molecule has 0 bridgehead atoms. The van der Waals surface area contributed by atoms with Gasteiger partial charge in [-0.2, -0.15) is 0 Å². The quantitative estimate of drug-likeness (QED) is 0.857. The fraction of sp³-hybridized carbons (Fsp3) is 0.417. The first-order valence-electron chi connectivity index (χ1n) is 5.68. The summed E-state index contributed by atoms with van der Waals surface area (Å²) in [6.45, 7) is 2.87. The van der Waals surface area contributed by atoms with E-state index in [1.807, 2.05) is 11.9 Å². The molecule has 1 fully saturated rings. The van der Waals surface area contributed by atoms with Crippen molar-refractivity contribution in [2.75, 3.05) is 18.1 Å². The largest absolute Gasteiger partial charge is 0.329 e. The summed E-state index contributed by atoms with van der Waals surface area (Å²) in [7, 11) is 0. The van der Waals surface area contributed by atoms with Gasteiger partial charge in [-0.3, -0.25) is 14.8 Å². The second-order valence-electron chi connectivity index (χ2n) is 4.18. The van der Waals surface area contributed by atoms with Gasteiger partial charge in [0.05, 0.1) is 24.7 Å². The molecule has 0 spiro atoms. The van der Waals surface area contributed by atoms with Gasteiger partial charge in [0.1, 0.15) is 5.82 Å². The van der Waals surface area contributed by atoms with E-state index in [0.717, 1.165) is 5.69 Å². The Morgan fingerprint density at radius 2 is 2.06 bits per heavy atom. The Morgan fingerprint density at radius 3 is 2.65 bits per heavy atom. The molecule has 1 aromatic carbocycles. The molecule has 1 atom stereocenters. The number of nitrogens with zero attached hydrogens (tertiary/aromatic N) is 2. The number of nitrogens with two attached hydrogens (primary N) is 1. The van der Waals surface area contributed by atoms with E-state index in [1.165, 1.54) is 12.1 Å². The summed E-state index contributed by atoms with van der Waals surface area (Å²) >= 11 is 0. The van der Waals surface area contributed by atoms with E-state index in [9.17, 15) is 9.18 Å². The molecule has 1 aliphatic rings. The minimum absolute atomic E-state index is 0.0623. The number of carbonyl (C=O) groups excluding carboxylic acids is 1. The fourth-order valence-corrected chi connectivity index (χ4v) is 2.15. The van der Waals surface area contributed by atoms with Crippen LogP contribution >= 0.6 is 0 Å². The summed E-state index contributed by atoms with van der Waals surface area (Å²) in [4.78, 5) is 11.8. The van der Waals surface area contributed by atoms with Crippen LogP contribution in [0.25, 0.3) is 0 Å². The van der Waals surface area contributed by atoms with Gasteiger partial charge in [0.15, 0.2) is 0 Å². The van der Waals surface area contributed by atoms with Crippen LogP contribution in [0.1, 0.15) is 13.3 Å². The summed E-state index contributed by atoms with van der Waals surface area (Å²) in [5.41, 5.74) is 6.32. The van der Waals surface area contributed by atoms with Gasteiger partial charge in [0, 0.05) is 6.54 Å². The third kappa shape index (κ3) is 2.24. The predicted octanol–water partition coefficient (Wildman–Crippen LogP) is 1.13. The van der Waals surface area contributed by atoms with Gasteiger partial charge in [-0.05, 0) is 31.2 Å². The lowest BCUT2D eigenvalue weighted by molar-refractivity contribution is -0.128. The maximum Gasteiger partial charge on any atom is 0.243 e. The molecule has 0 aromatic heterocycles. The molecule has 1 saturated heterocycles. The number of hydrogen-bond donors (Lipinski definition) is 1. The van der Waals surface area contributed by atoms with E-state index in [4.69, 9.17) is 5.73 Å². The first-order valence-corrected chi connectivity index (χ1v) is 5.68. The van der Waals surface area contributed by atoms with Crippen LogP contribution in [-0.2, 0) is 4.79 Å². The van der Waals surface area contributed by atoms with Gasteiger partial charge in [-0.15, -0.1) is 0 Å². The smallest absolute Gasteiger partial charge is 0.243 e. The zero-order valence-corrected chi connectivity index (χ0v) is 9.77. The molecule has 2 rings (SSSR count). The van der Waals surface area contributed by atoms with Gasteiger partial charge in [0.25, 0.3) is 0 Å². The minimum Gasteiger partial charge on any atom is -0.329 e. The number of hydrazine groups is 1. The van der Waals surface area contributed by atoms with Crippen LogP contribution in [0.4, 0.5) is 10.1 Å². The molecule has 1 heterocycles. The number of halogens is 1. The maximum atomic E-state index is 12.9. The molecule has 17 heavy (non-hydrogen) atoms. The molecule has 1 unspecified atom stereocenters. The molecule has 5 heteroatoms. The van der Waals surface area contributed by atoms with Crippen LogP contribution in [0.3, 0.4) is 0 Å². The van der Waals surface area contributed by atoms with Crippen molar-refractivity contribution in [1.82, 2.24) is 5.01 Å². The SMILES string of the molecule is CC1CC(=O)N(CCN)N1c1ccc(F)cc1. The summed E-state index contributed by atoms with van der Waals surface area (Å²) < 4.78 is 12.9. The second kappa shape index (κ2) is 4.71. The number of hydrogen-bond acceptors (Lipinski definition) is 3. The number of amides is 1. The van der Waals surface area contributed by atoms with Crippen molar-refractivity contribution >= 4 is 11.6 Å². The summed E-state index contributed by atoms with van der Waals surface area (Å²) in [5.74, 6) is -0.218. The highest BCUT2D eigenvalue weighted by Crippen LogP contribution is 2.27. The van der Waals surface area contributed by atoms with Gasteiger partial charge in [-0.25, -0.2) is 4.39 Å². The Hall–Kier alpha value is -1.62. The normalized spacial score (nSPS) is 20.2. The standard InChI is InChI=1S/C12H16FN3O/c1-9-8-12(17)15(7-6-14)16(9)11-4-2-10(13)3-5-11/h2-5,9H,6-8,14H2,1H3. The zero-order chi connectivity index (χ0) is 12.4. The molecule has 4 nitrogen and oxygen atoms in total. The van der Waals surface area contributed by atoms with Crippen molar-refractivity contribution in [3.8, 4) is 0 Å². The average molecular weight is 237 g/mol. The molecular formula is C12H16FN3O. The second-order valence-corrected chi connectivity index (χ2v) is 4.18. The van der Waals surface area contributed by atoms with Gasteiger partial charge < -0.3 is 5.73 Å². The lowest BCUT2D eigenvalue weighted by Crippen LogP contribution is -2.44. The van der Waals surface area contributed by atoms with Crippen molar-refractivity contribution in [1.29, 1.82) is 0 Å².